The number of hydrogen-bond donors (Lipinski definition) is 1. The van der Waals surface area contributed by atoms with Gasteiger partial charge in [0.2, 0.25) is 5.91 Å². The van der Waals surface area contributed by atoms with Crippen molar-refractivity contribution in [1.82, 2.24) is 0 Å². The monoisotopic (exact) mass is 259 g/mol. The summed E-state index contributed by atoms with van der Waals surface area (Å²) >= 11 is 0. The molecule has 0 radical (unpaired) electrons. The van der Waals surface area contributed by atoms with Crippen LogP contribution in [0.5, 0.6) is 0 Å². The molecule has 0 bridgehead atoms. The molecule has 0 spiro atoms. The predicted molar refractivity (Wildman–Crippen MR) is 69.0 cm³/mol. The number of benzene rings is 1. The molecule has 0 unspecified atom stereocenters. The van der Waals surface area contributed by atoms with E-state index in [1.807, 2.05) is 0 Å². The van der Waals surface area contributed by atoms with E-state index < -0.39 is 5.97 Å². The lowest BCUT2D eigenvalue weighted by Gasteiger charge is -2.20. The van der Waals surface area contributed by atoms with Gasteiger partial charge in [-0.1, -0.05) is 0 Å². The molecular weight excluding hydrogens is 246 g/mol. The number of amides is 1. The number of carboxylic acid groups (broad SMARTS) is 1. The first-order valence-corrected chi connectivity index (χ1v) is 5.72. The standard InChI is InChI=1S/C14H13NO4/c1-10(16)15(9-13-3-2-8-19-13)12-6-4-11(5-7-12)14(17)18/h2-8H,9H2,1H3,(H,17,18). The van der Waals surface area contributed by atoms with Crippen LogP contribution in [0.2, 0.25) is 0 Å². The maximum Gasteiger partial charge on any atom is 0.335 e. The van der Waals surface area contributed by atoms with E-state index in [1.165, 1.54) is 24.0 Å². The minimum Gasteiger partial charge on any atom is -0.478 e. The third-order valence-corrected chi connectivity index (χ3v) is 2.70. The topological polar surface area (TPSA) is 70.8 Å². The molecule has 0 saturated carbocycles. The molecule has 0 atom stereocenters. The van der Waals surface area contributed by atoms with Crippen LogP contribution in [-0.2, 0) is 11.3 Å². The van der Waals surface area contributed by atoms with Crippen molar-refractivity contribution in [3.63, 3.8) is 0 Å². The van der Waals surface area contributed by atoms with E-state index in [4.69, 9.17) is 9.52 Å². The van der Waals surface area contributed by atoms with Gasteiger partial charge in [0, 0.05) is 12.6 Å². The van der Waals surface area contributed by atoms with Gasteiger partial charge < -0.3 is 14.4 Å². The Morgan fingerprint density at radius 2 is 1.89 bits per heavy atom. The van der Waals surface area contributed by atoms with Crippen LogP contribution < -0.4 is 4.90 Å². The number of anilines is 1. The van der Waals surface area contributed by atoms with Gasteiger partial charge in [-0.05, 0) is 36.4 Å². The van der Waals surface area contributed by atoms with Crippen LogP contribution in [0.25, 0.3) is 0 Å². The normalized spacial score (nSPS) is 10.2. The van der Waals surface area contributed by atoms with E-state index in [0.717, 1.165) is 0 Å². The molecule has 1 aromatic heterocycles. The zero-order chi connectivity index (χ0) is 13.8. The molecule has 5 nitrogen and oxygen atoms in total. The van der Waals surface area contributed by atoms with Crippen molar-refractivity contribution in [2.24, 2.45) is 0 Å². The molecule has 2 rings (SSSR count). The molecule has 1 N–H and O–H groups in total. The summed E-state index contributed by atoms with van der Waals surface area (Å²) in [5.74, 6) is -0.469. The molecule has 0 aliphatic rings. The second-order valence-electron chi connectivity index (χ2n) is 4.04. The maximum atomic E-state index is 11.7. The summed E-state index contributed by atoms with van der Waals surface area (Å²) in [5, 5.41) is 8.84. The fourth-order valence-electron chi connectivity index (χ4n) is 1.73. The Balaban J connectivity index is 2.24. The van der Waals surface area contributed by atoms with Gasteiger partial charge in [0.05, 0.1) is 18.4 Å². The predicted octanol–water partition coefficient (Wildman–Crippen LogP) is 2.53. The lowest BCUT2D eigenvalue weighted by molar-refractivity contribution is -0.116. The highest BCUT2D eigenvalue weighted by molar-refractivity contribution is 5.93. The van der Waals surface area contributed by atoms with Gasteiger partial charge in [-0.15, -0.1) is 0 Å². The van der Waals surface area contributed by atoms with Crippen molar-refractivity contribution in [3.05, 3.63) is 54.0 Å². The van der Waals surface area contributed by atoms with E-state index in [2.05, 4.69) is 0 Å². The minimum absolute atomic E-state index is 0.139. The number of rotatable bonds is 4. The molecule has 0 saturated heterocycles. The van der Waals surface area contributed by atoms with Crippen molar-refractivity contribution in [3.8, 4) is 0 Å². The highest BCUT2D eigenvalue weighted by Crippen LogP contribution is 2.18. The van der Waals surface area contributed by atoms with Gasteiger partial charge in [0.25, 0.3) is 0 Å². The van der Waals surface area contributed by atoms with E-state index in [1.54, 1.807) is 30.5 Å². The average Bonchev–Trinajstić information content (AvgIpc) is 2.88. The first kappa shape index (κ1) is 12.9. The van der Waals surface area contributed by atoms with E-state index >= 15 is 0 Å². The quantitative estimate of drug-likeness (QED) is 0.915. The van der Waals surface area contributed by atoms with Crippen LogP contribution in [0.15, 0.2) is 47.1 Å². The lowest BCUT2D eigenvalue weighted by Crippen LogP contribution is -2.27. The number of carbonyl (C=O) groups is 2. The number of aromatic carboxylic acids is 1. The fraction of sp³-hybridized carbons (Fsp3) is 0.143. The highest BCUT2D eigenvalue weighted by Gasteiger charge is 2.14. The first-order chi connectivity index (χ1) is 9.08. The second kappa shape index (κ2) is 5.39. The van der Waals surface area contributed by atoms with Crippen LogP contribution in [0.4, 0.5) is 5.69 Å². The van der Waals surface area contributed by atoms with Crippen LogP contribution in [-0.4, -0.2) is 17.0 Å². The van der Waals surface area contributed by atoms with Crippen molar-refractivity contribution in [2.45, 2.75) is 13.5 Å². The Bertz CT molecular complexity index is 572. The number of carbonyl (C=O) groups excluding carboxylic acids is 1. The summed E-state index contributed by atoms with van der Waals surface area (Å²) < 4.78 is 5.21. The lowest BCUT2D eigenvalue weighted by atomic mass is 10.2. The molecule has 1 amide bonds. The Hall–Kier alpha value is -2.56. The first-order valence-electron chi connectivity index (χ1n) is 5.72. The van der Waals surface area contributed by atoms with E-state index in [-0.39, 0.29) is 11.5 Å². The van der Waals surface area contributed by atoms with Crippen LogP contribution in [0.3, 0.4) is 0 Å². The Morgan fingerprint density at radius 1 is 1.21 bits per heavy atom. The Kier molecular flexibility index (Phi) is 3.66. The van der Waals surface area contributed by atoms with Crippen LogP contribution in [0, 0.1) is 0 Å². The number of furan rings is 1. The van der Waals surface area contributed by atoms with Crippen LogP contribution in [0.1, 0.15) is 23.0 Å². The molecule has 1 aromatic carbocycles. The zero-order valence-corrected chi connectivity index (χ0v) is 10.4. The van der Waals surface area contributed by atoms with Gasteiger partial charge in [-0.25, -0.2) is 4.79 Å². The van der Waals surface area contributed by atoms with E-state index in [0.29, 0.717) is 18.0 Å². The Morgan fingerprint density at radius 3 is 2.37 bits per heavy atom. The zero-order valence-electron chi connectivity index (χ0n) is 10.4. The third-order valence-electron chi connectivity index (χ3n) is 2.70. The fourth-order valence-corrected chi connectivity index (χ4v) is 1.73. The van der Waals surface area contributed by atoms with Crippen LogP contribution >= 0.6 is 0 Å². The third kappa shape index (κ3) is 3.01. The number of hydrogen-bond acceptors (Lipinski definition) is 3. The van der Waals surface area contributed by atoms with Crippen molar-refractivity contribution in [2.75, 3.05) is 4.90 Å². The molecule has 19 heavy (non-hydrogen) atoms. The van der Waals surface area contributed by atoms with Gasteiger partial charge in [0.15, 0.2) is 0 Å². The summed E-state index contributed by atoms with van der Waals surface area (Å²) in [5.41, 5.74) is 0.819. The molecule has 1 heterocycles. The summed E-state index contributed by atoms with van der Waals surface area (Å²) in [6, 6.07) is 9.68. The average molecular weight is 259 g/mol. The second-order valence-corrected chi connectivity index (χ2v) is 4.04. The van der Waals surface area contributed by atoms with E-state index in [9.17, 15) is 9.59 Å². The molecule has 0 fully saturated rings. The van der Waals surface area contributed by atoms with Crippen molar-refractivity contribution < 1.29 is 19.1 Å². The van der Waals surface area contributed by atoms with Gasteiger partial charge in [-0.3, -0.25) is 4.79 Å². The Labute approximate surface area is 110 Å². The molecule has 0 aliphatic heterocycles. The molecule has 0 aliphatic carbocycles. The summed E-state index contributed by atoms with van der Waals surface area (Å²) in [6.07, 6.45) is 1.54. The van der Waals surface area contributed by atoms with Crippen molar-refractivity contribution >= 4 is 17.6 Å². The van der Waals surface area contributed by atoms with Gasteiger partial charge in [0.1, 0.15) is 5.76 Å². The SMILES string of the molecule is CC(=O)N(Cc1ccco1)c1ccc(C(=O)O)cc1. The van der Waals surface area contributed by atoms with Crippen molar-refractivity contribution in [1.29, 1.82) is 0 Å². The maximum absolute atomic E-state index is 11.7. The number of carboxylic acids is 1. The highest BCUT2D eigenvalue weighted by atomic mass is 16.4. The minimum atomic E-state index is -0.994. The largest absolute Gasteiger partial charge is 0.478 e. The summed E-state index contributed by atoms with van der Waals surface area (Å²) in [7, 11) is 0. The smallest absolute Gasteiger partial charge is 0.335 e. The summed E-state index contributed by atoms with van der Waals surface area (Å²) in [4.78, 5) is 24.0. The molecule has 5 heteroatoms. The molecule has 98 valence electrons. The molecule has 2 aromatic rings. The molecular formula is C14H13NO4. The number of nitrogens with zero attached hydrogens (tertiary/aromatic N) is 1. The van der Waals surface area contributed by atoms with Gasteiger partial charge in [-0.2, -0.15) is 0 Å². The summed E-state index contributed by atoms with van der Waals surface area (Å²) in [6.45, 7) is 1.77. The van der Waals surface area contributed by atoms with Gasteiger partial charge >= 0.3 is 5.97 Å².